The lowest BCUT2D eigenvalue weighted by atomic mass is 10.1. The lowest BCUT2D eigenvalue weighted by Crippen LogP contribution is -2.56. The number of nitrogens with zero attached hydrogens (tertiary/aromatic N) is 5. The molecule has 2 aliphatic heterocycles. The summed E-state index contributed by atoms with van der Waals surface area (Å²) in [6.07, 6.45) is 5.15. The summed E-state index contributed by atoms with van der Waals surface area (Å²) in [5.41, 5.74) is 6.45. The van der Waals surface area contributed by atoms with Crippen molar-refractivity contribution in [1.29, 1.82) is 0 Å². The molecule has 3 aromatic rings. The Kier molecular flexibility index (Phi) is 4.42. The van der Waals surface area contributed by atoms with Crippen LogP contribution in [0.25, 0.3) is 10.9 Å². The normalized spacial score (nSPS) is 18.2. The lowest BCUT2D eigenvalue weighted by Gasteiger charge is -2.42. The summed E-state index contributed by atoms with van der Waals surface area (Å²) in [6, 6.07) is 8.03. The van der Waals surface area contributed by atoms with Gasteiger partial charge in [0.05, 0.1) is 37.2 Å². The van der Waals surface area contributed by atoms with Crippen LogP contribution in [0.2, 0.25) is 0 Å². The quantitative estimate of drug-likeness (QED) is 0.737. The van der Waals surface area contributed by atoms with E-state index >= 15 is 0 Å². The van der Waals surface area contributed by atoms with Crippen molar-refractivity contribution in [3.05, 3.63) is 42.9 Å². The van der Waals surface area contributed by atoms with Gasteiger partial charge in [-0.2, -0.15) is 0 Å². The summed E-state index contributed by atoms with van der Waals surface area (Å²) in [5.74, 6) is 2.78. The second kappa shape index (κ2) is 7.21. The highest BCUT2D eigenvalue weighted by atomic mass is 16.5. The molecule has 0 unspecified atom stereocenters. The summed E-state index contributed by atoms with van der Waals surface area (Å²) < 4.78 is 11.3. The molecule has 0 saturated carbocycles. The Labute approximate surface area is 162 Å². The minimum Gasteiger partial charge on any atom is -0.455 e. The van der Waals surface area contributed by atoms with Crippen LogP contribution in [0.15, 0.2) is 42.9 Å². The van der Waals surface area contributed by atoms with Crippen molar-refractivity contribution in [1.82, 2.24) is 19.9 Å². The van der Waals surface area contributed by atoms with E-state index < -0.39 is 0 Å². The molecule has 0 atom stereocenters. The van der Waals surface area contributed by atoms with Gasteiger partial charge in [-0.25, -0.2) is 9.97 Å². The van der Waals surface area contributed by atoms with E-state index in [0.717, 1.165) is 61.9 Å². The number of pyridine rings is 3. The second-order valence-corrected chi connectivity index (χ2v) is 7.10. The first-order valence-electron chi connectivity index (χ1n) is 9.47. The maximum atomic E-state index is 6.03. The van der Waals surface area contributed by atoms with Crippen molar-refractivity contribution in [2.45, 2.75) is 6.04 Å². The molecule has 3 aromatic heterocycles. The Morgan fingerprint density at radius 2 is 1.86 bits per heavy atom. The van der Waals surface area contributed by atoms with Crippen LogP contribution in [0, 0.1) is 0 Å². The van der Waals surface area contributed by atoms with Crippen molar-refractivity contribution >= 4 is 22.5 Å². The van der Waals surface area contributed by atoms with Gasteiger partial charge in [0.2, 0.25) is 0 Å². The van der Waals surface area contributed by atoms with Gasteiger partial charge in [-0.3, -0.25) is 9.88 Å². The van der Waals surface area contributed by atoms with Crippen LogP contribution in [-0.4, -0.2) is 65.3 Å². The summed E-state index contributed by atoms with van der Waals surface area (Å²) in [5, 5.41) is 0.930. The van der Waals surface area contributed by atoms with Crippen molar-refractivity contribution in [2.75, 3.05) is 50.0 Å². The van der Waals surface area contributed by atoms with E-state index in [0.29, 0.717) is 17.6 Å². The van der Waals surface area contributed by atoms with Gasteiger partial charge in [-0.1, -0.05) is 0 Å². The van der Waals surface area contributed by atoms with E-state index in [9.17, 15) is 0 Å². The van der Waals surface area contributed by atoms with E-state index in [1.54, 1.807) is 24.5 Å². The fourth-order valence-corrected chi connectivity index (χ4v) is 3.60. The Hall–Kier alpha value is -2.97. The van der Waals surface area contributed by atoms with Crippen molar-refractivity contribution in [3.63, 3.8) is 0 Å². The predicted octanol–water partition coefficient (Wildman–Crippen LogP) is 1.92. The first kappa shape index (κ1) is 17.2. The fraction of sp³-hybridized carbons (Fsp3) is 0.350. The van der Waals surface area contributed by atoms with E-state index in [1.165, 1.54) is 0 Å². The third-order valence-electron chi connectivity index (χ3n) is 5.34. The highest BCUT2D eigenvalue weighted by Crippen LogP contribution is 2.31. The van der Waals surface area contributed by atoms with Gasteiger partial charge in [-0.05, 0) is 24.3 Å². The zero-order valence-electron chi connectivity index (χ0n) is 15.5. The minimum atomic E-state index is 0.464. The summed E-state index contributed by atoms with van der Waals surface area (Å²) in [4.78, 5) is 18.0. The number of nitrogen functional groups attached to an aromatic ring is 1. The fourth-order valence-electron chi connectivity index (χ4n) is 3.60. The average molecular weight is 378 g/mol. The van der Waals surface area contributed by atoms with Gasteiger partial charge in [0.25, 0.3) is 0 Å². The smallest absolute Gasteiger partial charge is 0.145 e. The Balaban J connectivity index is 1.38. The van der Waals surface area contributed by atoms with Crippen LogP contribution < -0.4 is 15.4 Å². The summed E-state index contributed by atoms with van der Waals surface area (Å²) >= 11 is 0. The zero-order valence-corrected chi connectivity index (χ0v) is 15.5. The van der Waals surface area contributed by atoms with Crippen LogP contribution in [0.5, 0.6) is 11.5 Å². The molecule has 0 amide bonds. The highest BCUT2D eigenvalue weighted by Gasteiger charge is 2.29. The van der Waals surface area contributed by atoms with Crippen molar-refractivity contribution in [2.24, 2.45) is 0 Å². The molecule has 5 heterocycles. The first-order chi connectivity index (χ1) is 13.8. The molecule has 2 aliphatic rings. The SMILES string of the molecule is Nc1ccc(Oc2ccnc3cnc(N4CCN(C5COC5)CC4)cc23)cn1. The molecule has 8 heteroatoms. The molecule has 5 rings (SSSR count). The van der Waals surface area contributed by atoms with Gasteiger partial charge < -0.3 is 20.1 Å². The first-order valence-corrected chi connectivity index (χ1v) is 9.47. The van der Waals surface area contributed by atoms with Crippen molar-refractivity contribution < 1.29 is 9.47 Å². The zero-order chi connectivity index (χ0) is 18.9. The number of rotatable bonds is 4. The van der Waals surface area contributed by atoms with E-state index in [-0.39, 0.29) is 0 Å². The van der Waals surface area contributed by atoms with Crippen LogP contribution in [0.3, 0.4) is 0 Å². The number of piperazine rings is 1. The monoisotopic (exact) mass is 378 g/mol. The predicted molar refractivity (Wildman–Crippen MR) is 107 cm³/mol. The molecule has 144 valence electrons. The number of aromatic nitrogens is 3. The molecule has 28 heavy (non-hydrogen) atoms. The molecule has 8 nitrogen and oxygen atoms in total. The number of nitrogens with two attached hydrogens (primary N) is 1. The molecule has 2 saturated heterocycles. The molecule has 0 spiro atoms. The Morgan fingerprint density at radius 3 is 2.57 bits per heavy atom. The lowest BCUT2D eigenvalue weighted by molar-refractivity contribution is -0.0660. The highest BCUT2D eigenvalue weighted by molar-refractivity contribution is 5.86. The van der Waals surface area contributed by atoms with Gasteiger partial charge >= 0.3 is 0 Å². The van der Waals surface area contributed by atoms with Crippen LogP contribution in [0.4, 0.5) is 11.6 Å². The third-order valence-corrected chi connectivity index (χ3v) is 5.34. The van der Waals surface area contributed by atoms with Gasteiger partial charge in [-0.15, -0.1) is 0 Å². The maximum absolute atomic E-state index is 6.03. The summed E-state index contributed by atoms with van der Waals surface area (Å²) in [6.45, 7) is 5.68. The number of fused-ring (bicyclic) bond motifs is 1. The number of hydrogen-bond acceptors (Lipinski definition) is 8. The molecule has 0 aromatic carbocycles. The number of anilines is 2. The molecule has 0 bridgehead atoms. The van der Waals surface area contributed by atoms with E-state index in [2.05, 4.69) is 30.8 Å². The topological polar surface area (TPSA) is 89.6 Å². The van der Waals surface area contributed by atoms with Gasteiger partial charge in [0.15, 0.2) is 0 Å². The van der Waals surface area contributed by atoms with Crippen LogP contribution in [-0.2, 0) is 4.74 Å². The molecule has 0 radical (unpaired) electrons. The minimum absolute atomic E-state index is 0.464. The number of ether oxygens (including phenoxy) is 2. The van der Waals surface area contributed by atoms with E-state index in [1.807, 2.05) is 12.3 Å². The molecule has 0 aliphatic carbocycles. The van der Waals surface area contributed by atoms with Crippen LogP contribution >= 0.6 is 0 Å². The van der Waals surface area contributed by atoms with Gasteiger partial charge in [0.1, 0.15) is 23.1 Å². The Bertz CT molecular complexity index is 968. The Morgan fingerprint density at radius 1 is 1.00 bits per heavy atom. The molecular weight excluding hydrogens is 356 g/mol. The van der Waals surface area contributed by atoms with Crippen molar-refractivity contribution in [3.8, 4) is 11.5 Å². The maximum Gasteiger partial charge on any atom is 0.145 e. The third kappa shape index (κ3) is 3.32. The average Bonchev–Trinajstić information content (AvgIpc) is 2.69. The van der Waals surface area contributed by atoms with E-state index in [4.69, 9.17) is 15.2 Å². The largest absolute Gasteiger partial charge is 0.455 e. The molecule has 2 N–H and O–H groups in total. The molecular formula is C20H22N6O2. The second-order valence-electron chi connectivity index (χ2n) is 7.10. The number of hydrogen-bond donors (Lipinski definition) is 1. The molecule has 2 fully saturated rings. The summed E-state index contributed by atoms with van der Waals surface area (Å²) in [7, 11) is 0. The standard InChI is InChI=1S/C20H22N6O2/c21-19-2-1-15(10-23-19)28-18-3-4-22-17-11-24-20(9-16(17)18)26-7-5-25(6-8-26)14-12-27-13-14/h1-4,9-11,14H,5-8,12-13H2,(H2,21,23). The van der Waals surface area contributed by atoms with Gasteiger partial charge in [0, 0.05) is 37.8 Å². The van der Waals surface area contributed by atoms with Crippen LogP contribution in [0.1, 0.15) is 0 Å².